The van der Waals surface area contributed by atoms with E-state index in [1.807, 2.05) is 30.3 Å². The first-order valence-electron chi connectivity index (χ1n) is 9.41. The van der Waals surface area contributed by atoms with E-state index in [2.05, 4.69) is 9.34 Å². The molecule has 4 rings (SSSR count). The number of piperidine rings is 2. The van der Waals surface area contributed by atoms with Crippen LogP contribution >= 0.6 is 35.9 Å². The third-order valence-electron chi connectivity index (χ3n) is 5.09. The summed E-state index contributed by atoms with van der Waals surface area (Å²) in [6, 6.07) is 10.1. The summed E-state index contributed by atoms with van der Waals surface area (Å²) < 4.78 is 19.4. The Morgan fingerprint density at radius 3 is 1.85 bits per heavy atom. The Bertz CT molecular complexity index is 760. The maximum Gasteiger partial charge on any atom is 0.238 e. The lowest BCUT2D eigenvalue weighted by Crippen LogP contribution is -2.28. The molecule has 2 unspecified atom stereocenters. The van der Waals surface area contributed by atoms with Crippen LogP contribution in [0.15, 0.2) is 44.4 Å². The van der Waals surface area contributed by atoms with Crippen LogP contribution in [0.4, 0.5) is 0 Å². The van der Waals surface area contributed by atoms with Crippen LogP contribution in [0.5, 0.6) is 0 Å². The van der Waals surface area contributed by atoms with Crippen LogP contribution in [0.1, 0.15) is 44.1 Å². The minimum Gasteiger partial charge on any atom is -0.240 e. The smallest absolute Gasteiger partial charge is 0.238 e. The molecule has 0 spiro atoms. The summed E-state index contributed by atoms with van der Waals surface area (Å²) in [7, 11) is 0. The van der Waals surface area contributed by atoms with Crippen LogP contribution in [-0.2, 0) is 0 Å². The van der Waals surface area contributed by atoms with E-state index in [1.54, 1.807) is 0 Å². The largest absolute Gasteiger partial charge is 0.240 e. The highest BCUT2D eigenvalue weighted by Gasteiger charge is 2.38. The molecule has 2 fully saturated rings. The number of benzene rings is 1. The second-order valence-corrected chi connectivity index (χ2v) is 13.9. The van der Waals surface area contributed by atoms with Gasteiger partial charge in [0.25, 0.3) is 0 Å². The fourth-order valence-corrected chi connectivity index (χ4v) is 12.1. The highest BCUT2D eigenvalue weighted by molar-refractivity contribution is 7.98. The fraction of sp³-hybridized carbons (Fsp3) is 0.588. The molecule has 0 saturated carbocycles. The molecule has 0 radical (unpaired) electrons. The van der Waals surface area contributed by atoms with Gasteiger partial charge in [-0.05, 0) is 48.2 Å². The van der Waals surface area contributed by atoms with E-state index in [1.165, 1.54) is 12.8 Å². The minimum atomic E-state index is -2.55. The lowest BCUT2D eigenvalue weighted by atomic mass is 10.2. The molecule has 0 amide bonds. The average molecular weight is 432 g/mol. The molecular formula is C17H25Cl2N5P2. The SMILES string of the molecule is ClP1(N2CCCCC2)=NC(c2ccccc2)=NP(Cl)(N2CCCCC2)=N1. The maximum absolute atomic E-state index is 7.14. The molecule has 3 heterocycles. The molecule has 26 heavy (non-hydrogen) atoms. The quantitative estimate of drug-likeness (QED) is 0.494. The first kappa shape index (κ1) is 19.2. The molecule has 0 bridgehead atoms. The van der Waals surface area contributed by atoms with Crippen molar-refractivity contribution >= 4 is 41.7 Å². The summed E-state index contributed by atoms with van der Waals surface area (Å²) in [5, 5.41) is 0. The van der Waals surface area contributed by atoms with Gasteiger partial charge in [-0.15, -0.1) is 0 Å². The van der Waals surface area contributed by atoms with Crippen molar-refractivity contribution in [1.82, 2.24) is 9.34 Å². The van der Waals surface area contributed by atoms with Gasteiger partial charge in [-0.1, -0.05) is 43.2 Å². The summed E-state index contributed by atoms with van der Waals surface area (Å²) in [5.74, 6) is 0.684. The van der Waals surface area contributed by atoms with E-state index in [0.29, 0.717) is 5.84 Å². The van der Waals surface area contributed by atoms with E-state index in [0.717, 1.165) is 57.4 Å². The Hall–Kier alpha value is -0.150. The summed E-state index contributed by atoms with van der Waals surface area (Å²) in [6.45, 7) is -1.31. The van der Waals surface area contributed by atoms with Crippen molar-refractivity contribution in [3.8, 4) is 0 Å². The van der Waals surface area contributed by atoms with Crippen LogP contribution in [0.2, 0.25) is 0 Å². The molecule has 1 aromatic carbocycles. The number of halogens is 2. The van der Waals surface area contributed by atoms with Gasteiger partial charge >= 0.3 is 0 Å². The normalized spacial score (nSPS) is 33.8. The van der Waals surface area contributed by atoms with Crippen molar-refractivity contribution in [1.29, 1.82) is 0 Å². The zero-order valence-electron chi connectivity index (χ0n) is 14.8. The van der Waals surface area contributed by atoms with Gasteiger partial charge in [0.05, 0.1) is 0 Å². The Labute approximate surface area is 165 Å². The molecule has 2 saturated heterocycles. The molecule has 1 aromatic rings. The van der Waals surface area contributed by atoms with Crippen LogP contribution in [0.25, 0.3) is 0 Å². The molecule has 0 N–H and O–H groups in total. The Morgan fingerprint density at radius 2 is 1.27 bits per heavy atom. The summed E-state index contributed by atoms with van der Waals surface area (Å²) >= 11 is 14.3. The number of rotatable bonds is 3. The van der Waals surface area contributed by atoms with Gasteiger partial charge in [-0.2, -0.15) is 14.0 Å². The molecule has 0 aromatic heterocycles. The summed E-state index contributed by atoms with van der Waals surface area (Å²) in [4.78, 5) is 0. The first-order valence-corrected chi connectivity index (χ1v) is 14.5. The van der Waals surface area contributed by atoms with Crippen LogP contribution in [0.3, 0.4) is 0 Å². The van der Waals surface area contributed by atoms with Gasteiger partial charge in [0.15, 0.2) is 5.84 Å². The van der Waals surface area contributed by atoms with Gasteiger partial charge in [-0.3, -0.25) is 0 Å². The van der Waals surface area contributed by atoms with Crippen LogP contribution < -0.4 is 0 Å². The zero-order valence-corrected chi connectivity index (χ0v) is 18.1. The third kappa shape index (κ3) is 3.99. The van der Waals surface area contributed by atoms with E-state index in [4.69, 9.17) is 36.5 Å². The number of hydrogen-bond acceptors (Lipinski definition) is 5. The van der Waals surface area contributed by atoms with Crippen molar-refractivity contribution in [2.45, 2.75) is 38.5 Å². The Balaban J connectivity index is 1.81. The van der Waals surface area contributed by atoms with Crippen molar-refractivity contribution in [2.24, 2.45) is 14.0 Å². The molecule has 0 aliphatic carbocycles. The zero-order chi connectivity index (χ0) is 18.0. The van der Waals surface area contributed by atoms with Crippen molar-refractivity contribution in [2.75, 3.05) is 26.2 Å². The minimum absolute atomic E-state index is 0.684. The lowest BCUT2D eigenvalue weighted by Gasteiger charge is -2.38. The first-order chi connectivity index (χ1) is 12.6. The monoisotopic (exact) mass is 431 g/mol. The third-order valence-corrected chi connectivity index (χ3v) is 13.0. The van der Waals surface area contributed by atoms with Crippen molar-refractivity contribution in [3.63, 3.8) is 0 Å². The number of amidine groups is 1. The molecule has 9 heteroatoms. The summed E-state index contributed by atoms with van der Waals surface area (Å²) in [5.41, 5.74) is 0.978. The fourth-order valence-electron chi connectivity index (χ4n) is 3.65. The molecule has 5 nitrogen and oxygen atoms in total. The Kier molecular flexibility index (Phi) is 5.95. The van der Waals surface area contributed by atoms with Gasteiger partial charge in [0.1, 0.15) is 0 Å². The van der Waals surface area contributed by atoms with E-state index in [-0.39, 0.29) is 0 Å². The number of nitrogens with zero attached hydrogens (tertiary/aromatic N) is 5. The van der Waals surface area contributed by atoms with Gasteiger partial charge < -0.3 is 0 Å². The average Bonchev–Trinajstić information content (AvgIpc) is 2.69. The predicted octanol–water partition coefficient (Wildman–Crippen LogP) is 6.79. The van der Waals surface area contributed by atoms with Crippen LogP contribution in [-0.4, -0.2) is 41.4 Å². The van der Waals surface area contributed by atoms with Gasteiger partial charge in [0, 0.05) is 31.7 Å². The van der Waals surface area contributed by atoms with Crippen molar-refractivity contribution < 1.29 is 0 Å². The van der Waals surface area contributed by atoms with Gasteiger partial charge in [0.2, 0.25) is 13.4 Å². The topological polar surface area (TPSA) is 43.6 Å². The second-order valence-electron chi connectivity index (χ2n) is 7.00. The molecular weight excluding hydrogens is 407 g/mol. The lowest BCUT2D eigenvalue weighted by molar-refractivity contribution is 0.365. The summed E-state index contributed by atoms with van der Waals surface area (Å²) in [6.07, 6.45) is 7.09. The highest BCUT2D eigenvalue weighted by atomic mass is 35.7. The molecule has 3 aliphatic rings. The van der Waals surface area contributed by atoms with E-state index >= 15 is 0 Å². The van der Waals surface area contributed by atoms with Crippen LogP contribution in [0, 0.1) is 0 Å². The molecule has 2 atom stereocenters. The van der Waals surface area contributed by atoms with Crippen molar-refractivity contribution in [3.05, 3.63) is 35.9 Å². The van der Waals surface area contributed by atoms with E-state index < -0.39 is 13.4 Å². The van der Waals surface area contributed by atoms with E-state index in [9.17, 15) is 0 Å². The highest BCUT2D eigenvalue weighted by Crippen LogP contribution is 2.75. The molecule has 142 valence electrons. The second kappa shape index (κ2) is 8.07. The maximum atomic E-state index is 7.14. The standard InChI is InChI=1S/C17H25Cl2N5P2/c18-25(23-12-6-2-7-13-23)20-17(16-10-4-1-5-11-16)21-26(19,22-25)24-14-8-3-9-15-24/h1,4-5,10-11H,2-3,6-9,12-15H2. The van der Waals surface area contributed by atoms with Gasteiger partial charge in [-0.25, -0.2) is 9.34 Å². The molecule has 3 aliphatic heterocycles. The predicted molar refractivity (Wildman–Crippen MR) is 114 cm³/mol. The Morgan fingerprint density at radius 1 is 0.731 bits per heavy atom. The number of hydrogen-bond donors (Lipinski definition) is 0.